The summed E-state index contributed by atoms with van der Waals surface area (Å²) < 4.78 is 0.987. The van der Waals surface area contributed by atoms with Crippen molar-refractivity contribution in [1.29, 1.82) is 0 Å². The molecule has 130 valence electrons. The zero-order chi connectivity index (χ0) is 18.4. The van der Waals surface area contributed by atoms with Crippen LogP contribution in [0.5, 0.6) is 5.88 Å². The van der Waals surface area contributed by atoms with Crippen LogP contribution < -0.4 is 15.9 Å². The second-order valence-corrected chi connectivity index (χ2v) is 8.31. The zero-order valence-electron chi connectivity index (χ0n) is 13.4. The maximum Gasteiger partial charge on any atom is 0.279 e. The van der Waals surface area contributed by atoms with E-state index in [4.69, 9.17) is 11.6 Å². The number of carbonyl (C=O) groups excluding carboxylic acids is 1. The summed E-state index contributed by atoms with van der Waals surface area (Å²) in [5.41, 5.74) is 2.05. The number of carbonyl (C=O) groups is 1. The normalized spacial score (nSPS) is 12.9. The molecular formula is C18H11ClIN3O2S. The van der Waals surface area contributed by atoms with Gasteiger partial charge in [0.2, 0.25) is 5.88 Å². The van der Waals surface area contributed by atoms with Gasteiger partial charge < -0.3 is 10.4 Å². The average Bonchev–Trinajstić information content (AvgIpc) is 3.10. The van der Waals surface area contributed by atoms with Gasteiger partial charge in [0.1, 0.15) is 4.88 Å². The molecule has 8 heteroatoms. The summed E-state index contributed by atoms with van der Waals surface area (Å²) in [5.74, 6) is -0.561. The van der Waals surface area contributed by atoms with Crippen LogP contribution in [0, 0.1) is 10.5 Å². The molecule has 0 fully saturated rings. The number of hydrogen-bond acceptors (Lipinski definition) is 5. The Balaban J connectivity index is 1.81. The quantitative estimate of drug-likeness (QED) is 0.546. The van der Waals surface area contributed by atoms with E-state index in [0.717, 1.165) is 14.8 Å². The second-order valence-electron chi connectivity index (χ2n) is 5.66. The molecule has 1 amide bonds. The molecule has 0 bridgehead atoms. The summed E-state index contributed by atoms with van der Waals surface area (Å²) in [4.78, 5) is 21.0. The molecule has 0 spiro atoms. The van der Waals surface area contributed by atoms with Crippen LogP contribution in [-0.2, 0) is 4.79 Å². The van der Waals surface area contributed by atoms with Crippen LogP contribution in [0.25, 0.3) is 5.57 Å². The molecule has 4 rings (SSSR count). The van der Waals surface area contributed by atoms with Crippen molar-refractivity contribution >= 4 is 67.8 Å². The molecule has 1 aliphatic heterocycles. The molecule has 5 nitrogen and oxygen atoms in total. The van der Waals surface area contributed by atoms with E-state index in [0.29, 0.717) is 31.2 Å². The number of hydrogen-bond donors (Lipinski definition) is 2. The van der Waals surface area contributed by atoms with Gasteiger partial charge >= 0.3 is 0 Å². The van der Waals surface area contributed by atoms with Crippen molar-refractivity contribution in [2.75, 3.05) is 5.32 Å². The largest absolute Gasteiger partial charge is 0.492 e. The number of anilines is 2. The smallest absolute Gasteiger partial charge is 0.279 e. The third kappa shape index (κ3) is 3.00. The molecule has 2 N–H and O–H groups in total. The van der Waals surface area contributed by atoms with Crippen molar-refractivity contribution in [3.63, 3.8) is 0 Å². The van der Waals surface area contributed by atoms with Gasteiger partial charge in [0.25, 0.3) is 5.91 Å². The number of nitrogens with zero attached hydrogens (tertiary/aromatic N) is 2. The lowest BCUT2D eigenvalue weighted by Gasteiger charge is -2.07. The first-order valence-corrected chi connectivity index (χ1v) is 9.86. The van der Waals surface area contributed by atoms with Crippen LogP contribution in [-0.4, -0.2) is 16.0 Å². The Morgan fingerprint density at radius 3 is 2.88 bits per heavy atom. The van der Waals surface area contributed by atoms with Crippen molar-refractivity contribution in [3.05, 3.63) is 66.0 Å². The zero-order valence-corrected chi connectivity index (χ0v) is 17.1. The standard InChI is InChI=1S/C18H11ClIN3O2S/c1-8-11(19)3-2-4-12(8)22-18-23-17(25)15(26-18)14-10-7-9(20)5-6-13(10)21-16(14)24/h2-7,25H,1H3,(H,22,23). The monoisotopic (exact) mass is 495 g/mol. The van der Waals surface area contributed by atoms with Gasteiger partial charge in [0, 0.05) is 19.5 Å². The van der Waals surface area contributed by atoms with E-state index < -0.39 is 0 Å². The minimum Gasteiger partial charge on any atom is -0.492 e. The van der Waals surface area contributed by atoms with E-state index >= 15 is 0 Å². The molecular weight excluding hydrogens is 485 g/mol. The molecule has 2 aromatic carbocycles. The Kier molecular flexibility index (Phi) is 4.45. The summed E-state index contributed by atoms with van der Waals surface area (Å²) in [5, 5.41) is 15.9. The minimum atomic E-state index is -0.369. The minimum absolute atomic E-state index is 0.192. The number of rotatable bonds is 3. The Morgan fingerprint density at radius 2 is 2.08 bits per heavy atom. The lowest BCUT2D eigenvalue weighted by atomic mass is 10.1. The summed E-state index contributed by atoms with van der Waals surface area (Å²) >= 11 is 9.53. The van der Waals surface area contributed by atoms with E-state index in [-0.39, 0.29) is 11.8 Å². The van der Waals surface area contributed by atoms with E-state index in [1.54, 1.807) is 12.1 Å². The van der Waals surface area contributed by atoms with Gasteiger partial charge in [-0.1, -0.05) is 29.0 Å². The number of halogens is 2. The highest BCUT2D eigenvalue weighted by Crippen LogP contribution is 2.36. The van der Waals surface area contributed by atoms with Crippen LogP contribution in [0.15, 0.2) is 41.4 Å². The topological polar surface area (TPSA) is 74.6 Å². The number of nitrogens with one attached hydrogen (secondary N) is 1. The molecule has 0 saturated carbocycles. The van der Waals surface area contributed by atoms with Gasteiger partial charge in [-0.15, -0.1) is 0 Å². The molecule has 2 heterocycles. The molecule has 0 aliphatic carbocycles. The molecule has 0 unspecified atom stereocenters. The fraction of sp³-hybridized carbons (Fsp3) is 0.0556. The fourth-order valence-corrected chi connectivity index (χ4v) is 4.28. The number of aromatic nitrogens is 1. The van der Waals surface area contributed by atoms with Crippen molar-refractivity contribution in [1.82, 2.24) is 4.98 Å². The second kappa shape index (κ2) is 6.64. The number of aromatic hydroxyl groups is 1. The molecule has 0 atom stereocenters. The highest BCUT2D eigenvalue weighted by Gasteiger charge is 2.25. The van der Waals surface area contributed by atoms with Crippen molar-refractivity contribution < 1.29 is 9.90 Å². The van der Waals surface area contributed by atoms with Gasteiger partial charge in [0.15, 0.2) is 5.13 Å². The van der Waals surface area contributed by atoms with E-state index in [9.17, 15) is 9.90 Å². The first-order chi connectivity index (χ1) is 12.4. The SMILES string of the molecule is Cc1c(Cl)cccc1Nc1nc(O)c(C2=c3cc(I)ccc3=NC2=O)s1. The first kappa shape index (κ1) is 17.4. The van der Waals surface area contributed by atoms with Crippen LogP contribution in [0.1, 0.15) is 10.4 Å². The van der Waals surface area contributed by atoms with Crippen LogP contribution in [0.3, 0.4) is 0 Å². The molecule has 1 aromatic heterocycles. The van der Waals surface area contributed by atoms with Gasteiger partial charge in [-0.05, 0) is 65.4 Å². The highest BCUT2D eigenvalue weighted by atomic mass is 127. The van der Waals surface area contributed by atoms with Crippen LogP contribution in [0.4, 0.5) is 10.8 Å². The van der Waals surface area contributed by atoms with E-state index in [1.807, 2.05) is 31.2 Å². The molecule has 0 saturated heterocycles. The maximum atomic E-state index is 12.4. The van der Waals surface area contributed by atoms with Crippen molar-refractivity contribution in [2.24, 2.45) is 4.99 Å². The predicted molar refractivity (Wildman–Crippen MR) is 111 cm³/mol. The molecule has 26 heavy (non-hydrogen) atoms. The summed E-state index contributed by atoms with van der Waals surface area (Å²) in [6.07, 6.45) is 0. The third-order valence-electron chi connectivity index (χ3n) is 4.01. The Hall–Kier alpha value is -1.97. The molecule has 3 aromatic rings. The van der Waals surface area contributed by atoms with E-state index in [1.165, 1.54) is 11.3 Å². The van der Waals surface area contributed by atoms with Gasteiger partial charge in [-0.25, -0.2) is 4.99 Å². The van der Waals surface area contributed by atoms with Crippen molar-refractivity contribution in [2.45, 2.75) is 6.92 Å². The summed E-state index contributed by atoms with van der Waals surface area (Å²) in [6, 6.07) is 11.1. The first-order valence-electron chi connectivity index (χ1n) is 7.59. The molecule has 1 aliphatic rings. The lowest BCUT2D eigenvalue weighted by molar-refractivity contribution is -0.112. The summed E-state index contributed by atoms with van der Waals surface area (Å²) in [6.45, 7) is 1.89. The van der Waals surface area contributed by atoms with Gasteiger partial charge in [0.05, 0.1) is 10.9 Å². The lowest BCUT2D eigenvalue weighted by Crippen LogP contribution is -2.23. The number of thiazole rings is 1. The van der Waals surface area contributed by atoms with Crippen LogP contribution >= 0.6 is 45.5 Å². The van der Waals surface area contributed by atoms with Gasteiger partial charge in [-0.3, -0.25) is 4.79 Å². The Morgan fingerprint density at radius 1 is 1.27 bits per heavy atom. The Bertz CT molecular complexity index is 1190. The number of fused-ring (bicyclic) bond motifs is 1. The fourth-order valence-electron chi connectivity index (χ4n) is 2.69. The maximum absolute atomic E-state index is 12.4. The number of benzene rings is 2. The van der Waals surface area contributed by atoms with E-state index in [2.05, 4.69) is 37.9 Å². The van der Waals surface area contributed by atoms with Gasteiger partial charge in [-0.2, -0.15) is 4.98 Å². The summed E-state index contributed by atoms with van der Waals surface area (Å²) in [7, 11) is 0. The number of amides is 1. The predicted octanol–water partition coefficient (Wildman–Crippen LogP) is 3.52. The third-order valence-corrected chi connectivity index (χ3v) is 6.07. The van der Waals surface area contributed by atoms with Crippen molar-refractivity contribution in [3.8, 4) is 5.88 Å². The molecule has 0 radical (unpaired) electrons. The average molecular weight is 496 g/mol. The highest BCUT2D eigenvalue weighted by molar-refractivity contribution is 14.1. The van der Waals surface area contributed by atoms with Crippen LogP contribution in [0.2, 0.25) is 5.02 Å². The Labute approximate surface area is 171 Å².